The van der Waals surface area contributed by atoms with Gasteiger partial charge in [-0.3, -0.25) is 4.79 Å². The lowest BCUT2D eigenvalue weighted by Gasteiger charge is -2.09. The first kappa shape index (κ1) is 17.0. The summed E-state index contributed by atoms with van der Waals surface area (Å²) in [5.41, 5.74) is 4.54. The molecule has 138 valence electrons. The predicted octanol–water partition coefficient (Wildman–Crippen LogP) is 3.19. The number of rotatable bonds is 3. The van der Waals surface area contributed by atoms with Crippen molar-refractivity contribution in [1.29, 1.82) is 0 Å². The molecule has 1 aliphatic carbocycles. The van der Waals surface area contributed by atoms with E-state index in [2.05, 4.69) is 10.5 Å². The van der Waals surface area contributed by atoms with Gasteiger partial charge in [-0.1, -0.05) is 0 Å². The molecule has 0 aliphatic heterocycles. The smallest absolute Gasteiger partial charge is 0.275 e. The third-order valence-electron chi connectivity index (χ3n) is 4.72. The predicted molar refractivity (Wildman–Crippen MR) is 99.4 cm³/mol. The van der Waals surface area contributed by atoms with Crippen molar-refractivity contribution in [2.24, 2.45) is 5.10 Å². The number of aryl methyl sites for hydroxylation is 2. The molecule has 0 radical (unpaired) electrons. The third kappa shape index (κ3) is 3.08. The highest BCUT2D eigenvalue weighted by Gasteiger charge is 2.21. The number of nitrogens with one attached hydrogen (secondary N) is 1. The van der Waals surface area contributed by atoms with E-state index in [9.17, 15) is 20.1 Å². The van der Waals surface area contributed by atoms with Gasteiger partial charge in [0, 0.05) is 29.0 Å². The number of hydrazone groups is 1. The maximum Gasteiger partial charge on any atom is 0.275 e. The van der Waals surface area contributed by atoms with Crippen LogP contribution in [0.4, 0.5) is 0 Å². The van der Waals surface area contributed by atoms with Gasteiger partial charge in [-0.15, -0.1) is 0 Å². The first-order valence-corrected chi connectivity index (χ1v) is 8.66. The van der Waals surface area contributed by atoms with Gasteiger partial charge in [0.2, 0.25) is 0 Å². The molecule has 1 aromatic heterocycles. The van der Waals surface area contributed by atoms with Crippen LogP contribution in [0.5, 0.6) is 17.2 Å². The Morgan fingerprint density at radius 3 is 2.70 bits per heavy atom. The first-order chi connectivity index (χ1) is 13.0. The van der Waals surface area contributed by atoms with E-state index in [1.807, 2.05) is 0 Å². The average molecular weight is 366 g/mol. The molecule has 1 amide bonds. The van der Waals surface area contributed by atoms with Gasteiger partial charge in [0.05, 0.1) is 11.8 Å². The van der Waals surface area contributed by atoms with E-state index in [4.69, 9.17) is 4.42 Å². The number of fused-ring (bicyclic) bond motifs is 3. The number of aromatic hydroxyl groups is 3. The number of hydrogen-bond donors (Lipinski definition) is 4. The van der Waals surface area contributed by atoms with Gasteiger partial charge in [-0.05, 0) is 43.5 Å². The van der Waals surface area contributed by atoms with Crippen LogP contribution in [0.3, 0.4) is 0 Å². The molecule has 7 nitrogen and oxygen atoms in total. The van der Waals surface area contributed by atoms with Crippen molar-refractivity contribution in [3.8, 4) is 17.2 Å². The largest absolute Gasteiger partial charge is 0.508 e. The van der Waals surface area contributed by atoms with Crippen LogP contribution in [0.1, 0.15) is 40.1 Å². The zero-order valence-corrected chi connectivity index (χ0v) is 14.4. The van der Waals surface area contributed by atoms with E-state index in [1.165, 1.54) is 24.4 Å². The normalized spacial score (nSPS) is 13.8. The van der Waals surface area contributed by atoms with Crippen molar-refractivity contribution >= 4 is 23.1 Å². The van der Waals surface area contributed by atoms with E-state index >= 15 is 0 Å². The van der Waals surface area contributed by atoms with E-state index in [0.29, 0.717) is 11.1 Å². The van der Waals surface area contributed by atoms with Gasteiger partial charge in [-0.2, -0.15) is 5.10 Å². The fourth-order valence-electron chi connectivity index (χ4n) is 3.43. The topological polar surface area (TPSA) is 115 Å². The highest BCUT2D eigenvalue weighted by atomic mass is 16.3. The minimum Gasteiger partial charge on any atom is -0.508 e. The number of amides is 1. The minimum absolute atomic E-state index is 0.0203. The Labute approximate surface area is 154 Å². The molecule has 0 atom stereocenters. The number of phenolic OH excluding ortho intramolecular Hbond substituents is 3. The fraction of sp³-hybridized carbons (Fsp3) is 0.200. The third-order valence-corrected chi connectivity index (χ3v) is 4.72. The van der Waals surface area contributed by atoms with Crippen LogP contribution in [0.2, 0.25) is 0 Å². The fourth-order valence-corrected chi connectivity index (χ4v) is 3.43. The standard InChI is InChI=1S/C20H18N2O5/c23-11-5-6-12(16(25)9-11)20(26)22-21-10-14-15(24)7-8-18-19(14)13-3-1-2-4-17(13)27-18/h5-10,23-25H,1-4H2,(H,22,26)/b21-10-. The monoisotopic (exact) mass is 366 g/mol. The van der Waals surface area contributed by atoms with Crippen molar-refractivity contribution in [2.75, 3.05) is 0 Å². The van der Waals surface area contributed by atoms with E-state index in [-0.39, 0.29) is 22.8 Å². The number of phenols is 3. The van der Waals surface area contributed by atoms with Crippen molar-refractivity contribution in [3.05, 3.63) is 52.8 Å². The van der Waals surface area contributed by atoms with Gasteiger partial charge in [-0.25, -0.2) is 5.43 Å². The first-order valence-electron chi connectivity index (χ1n) is 8.66. The van der Waals surface area contributed by atoms with Crippen LogP contribution < -0.4 is 5.43 Å². The van der Waals surface area contributed by atoms with Crippen LogP contribution in [0.15, 0.2) is 39.9 Å². The molecular weight excluding hydrogens is 348 g/mol. The van der Waals surface area contributed by atoms with E-state index in [0.717, 1.165) is 48.5 Å². The van der Waals surface area contributed by atoms with Gasteiger partial charge in [0.25, 0.3) is 5.91 Å². The van der Waals surface area contributed by atoms with Crippen molar-refractivity contribution in [3.63, 3.8) is 0 Å². The molecular formula is C20H18N2O5. The van der Waals surface area contributed by atoms with E-state index < -0.39 is 5.91 Å². The molecule has 0 saturated heterocycles. The lowest BCUT2D eigenvalue weighted by atomic mass is 9.94. The summed E-state index contributed by atoms with van der Waals surface area (Å²) in [4.78, 5) is 12.2. The average Bonchev–Trinajstić information content (AvgIpc) is 3.02. The summed E-state index contributed by atoms with van der Waals surface area (Å²) in [6, 6.07) is 6.92. The van der Waals surface area contributed by atoms with Gasteiger partial charge in [0.15, 0.2) is 0 Å². The summed E-state index contributed by atoms with van der Waals surface area (Å²) < 4.78 is 5.89. The molecule has 3 aromatic rings. The molecule has 4 N–H and O–H groups in total. The number of carbonyl (C=O) groups is 1. The number of hydrogen-bond acceptors (Lipinski definition) is 6. The van der Waals surface area contributed by atoms with Crippen molar-refractivity contribution in [1.82, 2.24) is 5.43 Å². The van der Waals surface area contributed by atoms with Crippen molar-refractivity contribution in [2.45, 2.75) is 25.7 Å². The summed E-state index contributed by atoms with van der Waals surface area (Å²) >= 11 is 0. The number of benzene rings is 2. The second-order valence-electron chi connectivity index (χ2n) is 6.48. The molecule has 2 aromatic carbocycles. The molecule has 0 bridgehead atoms. The molecule has 4 rings (SSSR count). The van der Waals surface area contributed by atoms with Crippen LogP contribution in [0.25, 0.3) is 11.0 Å². The van der Waals surface area contributed by atoms with Gasteiger partial charge < -0.3 is 19.7 Å². The zero-order valence-electron chi connectivity index (χ0n) is 14.4. The van der Waals surface area contributed by atoms with Crippen LogP contribution in [0, 0.1) is 0 Å². The van der Waals surface area contributed by atoms with Crippen LogP contribution in [-0.4, -0.2) is 27.4 Å². The van der Waals surface area contributed by atoms with Gasteiger partial charge in [0.1, 0.15) is 28.6 Å². The molecule has 0 fully saturated rings. The Bertz CT molecular complexity index is 1070. The number of furan rings is 1. The van der Waals surface area contributed by atoms with Crippen LogP contribution in [-0.2, 0) is 12.8 Å². The zero-order chi connectivity index (χ0) is 19.0. The summed E-state index contributed by atoms with van der Waals surface area (Å²) in [7, 11) is 0. The minimum atomic E-state index is -0.635. The summed E-state index contributed by atoms with van der Waals surface area (Å²) in [5, 5.41) is 34.0. The van der Waals surface area contributed by atoms with E-state index in [1.54, 1.807) is 6.07 Å². The van der Waals surface area contributed by atoms with Crippen LogP contribution >= 0.6 is 0 Å². The Hall–Kier alpha value is -3.48. The molecule has 0 saturated carbocycles. The highest BCUT2D eigenvalue weighted by molar-refractivity contribution is 6.04. The number of nitrogens with zero attached hydrogens (tertiary/aromatic N) is 1. The molecule has 27 heavy (non-hydrogen) atoms. The Morgan fingerprint density at radius 1 is 1.07 bits per heavy atom. The summed E-state index contributed by atoms with van der Waals surface area (Å²) in [6.07, 6.45) is 5.26. The van der Waals surface area contributed by atoms with Gasteiger partial charge >= 0.3 is 0 Å². The Balaban J connectivity index is 1.64. The Morgan fingerprint density at radius 2 is 1.89 bits per heavy atom. The highest BCUT2D eigenvalue weighted by Crippen LogP contribution is 2.36. The molecule has 0 spiro atoms. The summed E-state index contributed by atoms with van der Waals surface area (Å²) in [6.45, 7) is 0. The second-order valence-corrected chi connectivity index (χ2v) is 6.48. The molecule has 0 unspecified atom stereocenters. The second kappa shape index (κ2) is 6.68. The summed E-state index contributed by atoms with van der Waals surface area (Å²) in [5.74, 6) is -0.147. The molecule has 1 aliphatic rings. The van der Waals surface area contributed by atoms with Crippen molar-refractivity contribution < 1.29 is 24.5 Å². The number of carbonyl (C=O) groups excluding carboxylic acids is 1. The SMILES string of the molecule is O=C(N/N=C\c1c(O)ccc2oc3c(c12)CCCC3)c1ccc(O)cc1O. The quantitative estimate of drug-likeness (QED) is 0.420. The maximum atomic E-state index is 12.2. The lowest BCUT2D eigenvalue weighted by molar-refractivity contribution is 0.0952. The molecule has 1 heterocycles. The maximum absolute atomic E-state index is 12.2. The lowest BCUT2D eigenvalue weighted by Crippen LogP contribution is -2.17. The Kier molecular flexibility index (Phi) is 4.19. The molecule has 7 heteroatoms.